The Hall–Kier alpha value is -9.44. The maximum atomic E-state index is 5.38. The Morgan fingerprint density at radius 1 is 0.278 bits per heavy atom. The lowest BCUT2D eigenvalue weighted by molar-refractivity contribution is 0.768. The van der Waals surface area contributed by atoms with Gasteiger partial charge in [-0.25, -0.2) is 9.97 Å². The molecule has 0 saturated carbocycles. The predicted molar refractivity (Wildman–Crippen MR) is 298 cm³/mol. The Kier molecular flexibility index (Phi) is 9.75. The second kappa shape index (κ2) is 16.9. The molecule has 0 radical (unpaired) electrons. The quantitative estimate of drug-likeness (QED) is 0.152. The molecule has 3 heteroatoms. The first-order chi connectivity index (χ1) is 35.7. The predicted octanol–water partition coefficient (Wildman–Crippen LogP) is 17.4. The van der Waals surface area contributed by atoms with Crippen LogP contribution in [0.15, 0.2) is 273 Å². The van der Waals surface area contributed by atoms with Crippen LogP contribution in [-0.2, 0) is 5.41 Å². The van der Waals surface area contributed by atoms with Gasteiger partial charge in [-0.1, -0.05) is 237 Å². The number of fused-ring (bicyclic) bond motifs is 7. The van der Waals surface area contributed by atoms with Gasteiger partial charge >= 0.3 is 0 Å². The Labute approximate surface area is 418 Å². The summed E-state index contributed by atoms with van der Waals surface area (Å²) in [4.78, 5) is 10.7. The van der Waals surface area contributed by atoms with Gasteiger partial charge in [-0.15, -0.1) is 0 Å². The fraction of sp³-hybridized carbons (Fsp3) is 0.0145. The summed E-state index contributed by atoms with van der Waals surface area (Å²) in [7, 11) is 0. The average molecular weight is 916 g/mol. The van der Waals surface area contributed by atoms with Crippen molar-refractivity contribution in [2.45, 2.75) is 5.41 Å². The second-order valence-corrected chi connectivity index (χ2v) is 18.8. The highest BCUT2D eigenvalue weighted by Gasteiger charge is 2.46. The SMILES string of the molecule is c1ccc(-c2nc(-c3ccc4c(c3)C(c3ccccc3)(c3ccccc3)c3ccccc3-4)cc(-c3ccc(-c4ccc(-c5ccc(-n6c7ccccc7c7ccccc76)cc5)cc4)c4ccccc34)n2)cc1. The molecule has 0 aliphatic heterocycles. The summed E-state index contributed by atoms with van der Waals surface area (Å²) in [5.74, 6) is 0.691. The molecule has 0 spiro atoms. The zero-order valence-corrected chi connectivity index (χ0v) is 39.3. The lowest BCUT2D eigenvalue weighted by Crippen LogP contribution is -2.28. The summed E-state index contributed by atoms with van der Waals surface area (Å²) in [5, 5.41) is 4.84. The Balaban J connectivity index is 0.857. The molecule has 336 valence electrons. The molecule has 0 amide bonds. The number of para-hydroxylation sites is 2. The molecule has 0 fully saturated rings. The fourth-order valence-corrected chi connectivity index (χ4v) is 11.7. The first-order valence-electron chi connectivity index (χ1n) is 24.7. The van der Waals surface area contributed by atoms with Crippen molar-refractivity contribution in [3.63, 3.8) is 0 Å². The van der Waals surface area contributed by atoms with E-state index < -0.39 is 5.41 Å². The van der Waals surface area contributed by atoms with Gasteiger partial charge in [0, 0.05) is 33.2 Å². The van der Waals surface area contributed by atoms with Crippen molar-refractivity contribution in [2.75, 3.05) is 0 Å². The minimum absolute atomic E-state index is 0.522. The van der Waals surface area contributed by atoms with Gasteiger partial charge in [0.25, 0.3) is 0 Å². The van der Waals surface area contributed by atoms with E-state index in [0.29, 0.717) is 5.82 Å². The van der Waals surface area contributed by atoms with E-state index in [1.807, 2.05) is 6.07 Å². The molecule has 0 bridgehead atoms. The average Bonchev–Trinajstić information content (AvgIpc) is 3.96. The monoisotopic (exact) mass is 915 g/mol. The van der Waals surface area contributed by atoms with Crippen LogP contribution in [0.25, 0.3) is 106 Å². The van der Waals surface area contributed by atoms with Crippen molar-refractivity contribution in [3.8, 4) is 73.0 Å². The van der Waals surface area contributed by atoms with Gasteiger partial charge in [-0.05, 0) is 103 Å². The van der Waals surface area contributed by atoms with E-state index in [9.17, 15) is 0 Å². The number of hydrogen-bond acceptors (Lipinski definition) is 2. The number of hydrogen-bond donors (Lipinski definition) is 0. The molecule has 72 heavy (non-hydrogen) atoms. The van der Waals surface area contributed by atoms with Crippen LogP contribution in [0.3, 0.4) is 0 Å². The van der Waals surface area contributed by atoms with Gasteiger partial charge in [0.05, 0.1) is 27.8 Å². The van der Waals surface area contributed by atoms with Crippen molar-refractivity contribution in [3.05, 3.63) is 295 Å². The standard InChI is InChI=1S/C69H45N3/c1-4-18-49(19-5-1)68-70-64(50-38-41-58-57-26-12-15-29-62(57)69(63(58)44-50,51-20-6-2-7-21-51)52-22-8-3-9-23-52)45-65(71-68)59-43-42-54(55-24-10-11-25-56(55)59)48-34-32-46(33-35-48)47-36-39-53(40-37-47)72-66-30-16-13-27-60(66)61-28-14-17-31-67(61)72/h1-45H. The minimum Gasteiger partial charge on any atom is -0.309 e. The van der Waals surface area contributed by atoms with Crippen LogP contribution in [0.2, 0.25) is 0 Å². The Morgan fingerprint density at radius 3 is 1.39 bits per heavy atom. The maximum absolute atomic E-state index is 5.38. The van der Waals surface area contributed by atoms with Crippen LogP contribution in [0.5, 0.6) is 0 Å². The van der Waals surface area contributed by atoms with E-state index in [2.05, 4.69) is 271 Å². The number of aromatic nitrogens is 3. The van der Waals surface area contributed by atoms with Crippen molar-refractivity contribution in [2.24, 2.45) is 0 Å². The highest BCUT2D eigenvalue weighted by atomic mass is 15.0. The van der Waals surface area contributed by atoms with Gasteiger partial charge in [-0.2, -0.15) is 0 Å². The highest BCUT2D eigenvalue weighted by molar-refractivity contribution is 6.09. The molecule has 0 N–H and O–H groups in total. The molecule has 1 aliphatic rings. The van der Waals surface area contributed by atoms with E-state index in [0.717, 1.165) is 44.7 Å². The third-order valence-electron chi connectivity index (χ3n) is 14.9. The van der Waals surface area contributed by atoms with Gasteiger partial charge in [0.15, 0.2) is 5.82 Å². The number of rotatable bonds is 8. The zero-order chi connectivity index (χ0) is 47.6. The fourth-order valence-electron chi connectivity index (χ4n) is 11.7. The smallest absolute Gasteiger partial charge is 0.160 e. The molecule has 14 rings (SSSR count). The summed E-state index contributed by atoms with van der Waals surface area (Å²) in [6.07, 6.45) is 0. The number of nitrogens with zero attached hydrogens (tertiary/aromatic N) is 3. The molecular weight excluding hydrogens is 871 g/mol. The number of benzene rings is 11. The first-order valence-corrected chi connectivity index (χ1v) is 24.7. The maximum Gasteiger partial charge on any atom is 0.160 e. The molecule has 1 aliphatic carbocycles. The molecule has 13 aromatic rings. The van der Waals surface area contributed by atoms with E-state index >= 15 is 0 Å². The normalized spacial score (nSPS) is 12.6. The minimum atomic E-state index is -0.522. The molecular formula is C69H45N3. The van der Waals surface area contributed by atoms with Gasteiger partial charge in [0.2, 0.25) is 0 Å². The summed E-state index contributed by atoms with van der Waals surface area (Å²) < 4.78 is 2.37. The van der Waals surface area contributed by atoms with Crippen LogP contribution in [0.1, 0.15) is 22.3 Å². The Morgan fingerprint density at radius 2 is 0.736 bits per heavy atom. The highest BCUT2D eigenvalue weighted by Crippen LogP contribution is 2.56. The second-order valence-electron chi connectivity index (χ2n) is 18.8. The van der Waals surface area contributed by atoms with Gasteiger partial charge < -0.3 is 4.57 Å². The Bertz CT molecular complexity index is 4080. The van der Waals surface area contributed by atoms with Crippen LogP contribution in [0.4, 0.5) is 0 Å². The van der Waals surface area contributed by atoms with Crippen LogP contribution >= 0.6 is 0 Å². The third kappa shape index (κ3) is 6.59. The lowest BCUT2D eigenvalue weighted by atomic mass is 9.67. The van der Waals surface area contributed by atoms with E-state index in [-0.39, 0.29) is 0 Å². The zero-order valence-electron chi connectivity index (χ0n) is 39.3. The molecule has 0 atom stereocenters. The van der Waals surface area contributed by atoms with E-state index in [4.69, 9.17) is 9.97 Å². The van der Waals surface area contributed by atoms with Gasteiger partial charge in [0.1, 0.15) is 0 Å². The molecule has 11 aromatic carbocycles. The third-order valence-corrected chi connectivity index (χ3v) is 14.9. The summed E-state index contributed by atoms with van der Waals surface area (Å²) in [5.41, 5.74) is 20.1. The first kappa shape index (κ1) is 41.5. The van der Waals surface area contributed by atoms with Crippen molar-refractivity contribution >= 4 is 32.6 Å². The molecule has 2 aromatic heterocycles. The van der Waals surface area contributed by atoms with E-state index in [1.165, 1.54) is 77.3 Å². The molecule has 2 heterocycles. The van der Waals surface area contributed by atoms with Crippen molar-refractivity contribution in [1.29, 1.82) is 0 Å². The lowest BCUT2D eigenvalue weighted by Gasteiger charge is -2.34. The van der Waals surface area contributed by atoms with Crippen molar-refractivity contribution in [1.82, 2.24) is 14.5 Å². The van der Waals surface area contributed by atoms with Gasteiger partial charge in [-0.3, -0.25) is 0 Å². The topological polar surface area (TPSA) is 30.7 Å². The van der Waals surface area contributed by atoms with E-state index in [1.54, 1.807) is 0 Å². The van der Waals surface area contributed by atoms with Crippen molar-refractivity contribution < 1.29 is 0 Å². The van der Waals surface area contributed by atoms with Crippen LogP contribution in [0, 0.1) is 0 Å². The summed E-state index contributed by atoms with van der Waals surface area (Å²) in [6, 6.07) is 98.9. The molecule has 3 nitrogen and oxygen atoms in total. The molecule has 0 unspecified atom stereocenters. The molecule has 0 saturated heterocycles. The largest absolute Gasteiger partial charge is 0.309 e. The summed E-state index contributed by atoms with van der Waals surface area (Å²) in [6.45, 7) is 0. The summed E-state index contributed by atoms with van der Waals surface area (Å²) >= 11 is 0. The van der Waals surface area contributed by atoms with Crippen LogP contribution in [-0.4, -0.2) is 14.5 Å². The van der Waals surface area contributed by atoms with Crippen LogP contribution < -0.4 is 0 Å².